The first-order chi connectivity index (χ1) is 28.0. The standard InChI is InChI=1S/C55H43NSi/c1-55(2)46-22-8-7-20-43(46)53-44(21-15-23-47(53)55)52-40-18-5-6-19-41(40)54(42-31-30-39(35-45(42)52)38-29-28-36-16-3-4-17-37(36)34-38)56-48-24-9-11-26-50(48)57(32-13-14-33-57)51-27-12-10-25-49(51)56/h3-12,15-31,34-35H,13-14,32-33H2,1-2H3. The molecule has 0 aromatic heterocycles. The Morgan fingerprint density at radius 3 is 1.81 bits per heavy atom. The van der Waals surface area contributed by atoms with Crippen LogP contribution in [0.5, 0.6) is 0 Å². The summed E-state index contributed by atoms with van der Waals surface area (Å²) in [5.74, 6) is 0. The van der Waals surface area contributed by atoms with Gasteiger partial charge in [0.25, 0.3) is 0 Å². The van der Waals surface area contributed by atoms with E-state index in [9.17, 15) is 0 Å². The molecule has 2 heterocycles. The fourth-order valence-electron chi connectivity index (χ4n) is 11.4. The van der Waals surface area contributed by atoms with Gasteiger partial charge in [-0.3, -0.25) is 0 Å². The molecule has 9 aromatic carbocycles. The third kappa shape index (κ3) is 4.56. The van der Waals surface area contributed by atoms with E-state index >= 15 is 0 Å². The largest absolute Gasteiger partial charge is 0.309 e. The molecule has 1 nitrogen and oxygen atoms in total. The summed E-state index contributed by atoms with van der Waals surface area (Å²) in [4.78, 5) is 2.67. The van der Waals surface area contributed by atoms with Gasteiger partial charge in [0.15, 0.2) is 0 Å². The minimum Gasteiger partial charge on any atom is -0.309 e. The highest BCUT2D eigenvalue weighted by atomic mass is 28.3. The Morgan fingerprint density at radius 1 is 0.439 bits per heavy atom. The van der Waals surface area contributed by atoms with Crippen molar-refractivity contribution in [2.75, 3.05) is 4.90 Å². The van der Waals surface area contributed by atoms with Crippen molar-refractivity contribution in [2.24, 2.45) is 0 Å². The number of hydrogen-bond acceptors (Lipinski definition) is 1. The van der Waals surface area contributed by atoms with E-state index in [1.807, 2.05) is 0 Å². The summed E-state index contributed by atoms with van der Waals surface area (Å²) >= 11 is 0. The van der Waals surface area contributed by atoms with E-state index in [2.05, 4.69) is 195 Å². The van der Waals surface area contributed by atoms with Crippen molar-refractivity contribution in [1.82, 2.24) is 0 Å². The van der Waals surface area contributed by atoms with Gasteiger partial charge in [-0.05, 0) is 113 Å². The molecule has 2 heteroatoms. The van der Waals surface area contributed by atoms with Crippen LogP contribution >= 0.6 is 0 Å². The summed E-state index contributed by atoms with van der Waals surface area (Å²) in [6.45, 7) is 4.79. The monoisotopic (exact) mass is 745 g/mol. The smallest absolute Gasteiger partial charge is 0.123 e. The predicted molar refractivity (Wildman–Crippen MR) is 246 cm³/mol. The minimum atomic E-state index is -1.91. The van der Waals surface area contributed by atoms with E-state index in [1.54, 1.807) is 10.4 Å². The van der Waals surface area contributed by atoms with Crippen molar-refractivity contribution in [2.45, 2.75) is 44.2 Å². The fourth-order valence-corrected chi connectivity index (χ4v) is 16.9. The van der Waals surface area contributed by atoms with Gasteiger partial charge in [0.2, 0.25) is 0 Å². The van der Waals surface area contributed by atoms with E-state index in [1.165, 1.54) is 119 Å². The van der Waals surface area contributed by atoms with Crippen LogP contribution in [0.2, 0.25) is 12.1 Å². The van der Waals surface area contributed by atoms with Crippen LogP contribution in [0.4, 0.5) is 17.1 Å². The van der Waals surface area contributed by atoms with Crippen molar-refractivity contribution in [3.63, 3.8) is 0 Å². The van der Waals surface area contributed by atoms with Crippen molar-refractivity contribution in [3.05, 3.63) is 187 Å². The van der Waals surface area contributed by atoms with Crippen LogP contribution in [0.15, 0.2) is 176 Å². The SMILES string of the molecule is CC1(C)c2ccccc2-c2c(-c3c4ccccc4c(N4c5ccccc5[Si]5(CCCC5)c5ccccc54)c4ccc(-c5ccc6ccccc6c5)cc34)cccc21. The van der Waals surface area contributed by atoms with Gasteiger partial charge in [-0.15, -0.1) is 0 Å². The van der Waals surface area contributed by atoms with Crippen LogP contribution in [-0.4, -0.2) is 8.07 Å². The summed E-state index contributed by atoms with van der Waals surface area (Å²) in [6.07, 6.45) is 2.66. The van der Waals surface area contributed by atoms with Gasteiger partial charge in [-0.25, -0.2) is 0 Å². The Bertz CT molecular complexity index is 3080. The molecule has 57 heavy (non-hydrogen) atoms. The van der Waals surface area contributed by atoms with Crippen LogP contribution in [0.25, 0.3) is 65.7 Å². The second-order valence-electron chi connectivity index (χ2n) is 17.1. The lowest BCUT2D eigenvalue weighted by Crippen LogP contribution is -2.60. The van der Waals surface area contributed by atoms with Crippen LogP contribution < -0.4 is 15.3 Å². The lowest BCUT2D eigenvalue weighted by Gasteiger charge is -2.43. The van der Waals surface area contributed by atoms with E-state index in [4.69, 9.17) is 0 Å². The number of hydrogen-bond donors (Lipinski definition) is 0. The molecule has 1 fully saturated rings. The number of para-hydroxylation sites is 2. The Kier molecular flexibility index (Phi) is 7.02. The molecule has 12 rings (SSSR count). The Balaban J connectivity index is 1.22. The zero-order valence-electron chi connectivity index (χ0n) is 32.5. The molecule has 2 aliphatic heterocycles. The van der Waals surface area contributed by atoms with E-state index < -0.39 is 8.07 Å². The molecule has 0 bridgehead atoms. The van der Waals surface area contributed by atoms with Crippen molar-refractivity contribution < 1.29 is 0 Å². The van der Waals surface area contributed by atoms with Crippen LogP contribution in [0, 0.1) is 0 Å². The highest BCUT2D eigenvalue weighted by molar-refractivity contribution is 7.05. The summed E-state index contributed by atoms with van der Waals surface area (Å²) in [5, 5.41) is 10.9. The van der Waals surface area contributed by atoms with Gasteiger partial charge < -0.3 is 4.90 Å². The molecular formula is C55H43NSi. The molecule has 0 atom stereocenters. The van der Waals surface area contributed by atoms with Gasteiger partial charge in [0.1, 0.15) is 8.07 Å². The summed E-state index contributed by atoms with van der Waals surface area (Å²) < 4.78 is 0. The molecule has 1 aliphatic carbocycles. The van der Waals surface area contributed by atoms with E-state index in [0.717, 1.165) is 0 Å². The zero-order valence-corrected chi connectivity index (χ0v) is 33.5. The number of benzene rings is 9. The first kappa shape index (κ1) is 33.0. The maximum atomic E-state index is 2.67. The zero-order chi connectivity index (χ0) is 37.9. The van der Waals surface area contributed by atoms with Crippen LogP contribution in [-0.2, 0) is 5.41 Å². The van der Waals surface area contributed by atoms with Gasteiger partial charge in [0, 0.05) is 27.6 Å². The topological polar surface area (TPSA) is 3.24 Å². The van der Waals surface area contributed by atoms with Crippen molar-refractivity contribution in [3.8, 4) is 33.4 Å². The highest BCUT2D eigenvalue weighted by Crippen LogP contribution is 2.56. The molecule has 0 saturated carbocycles. The Hall–Kier alpha value is -6.22. The average Bonchev–Trinajstić information content (AvgIpc) is 3.85. The molecule has 272 valence electrons. The van der Waals surface area contributed by atoms with Crippen LogP contribution in [0.3, 0.4) is 0 Å². The van der Waals surface area contributed by atoms with E-state index in [-0.39, 0.29) is 5.41 Å². The Morgan fingerprint density at radius 2 is 1.02 bits per heavy atom. The maximum absolute atomic E-state index is 2.67. The molecule has 0 amide bonds. The lowest BCUT2D eigenvalue weighted by atomic mass is 9.81. The third-order valence-electron chi connectivity index (χ3n) is 14.0. The fraction of sp³-hybridized carbons (Fsp3) is 0.127. The first-order valence-corrected chi connectivity index (χ1v) is 23.1. The van der Waals surface area contributed by atoms with Gasteiger partial charge in [-0.1, -0.05) is 178 Å². The normalized spacial score (nSPS) is 15.9. The lowest BCUT2D eigenvalue weighted by molar-refractivity contribution is 0.660. The van der Waals surface area contributed by atoms with Gasteiger partial charge >= 0.3 is 0 Å². The maximum Gasteiger partial charge on any atom is 0.123 e. The molecule has 0 N–H and O–H groups in total. The number of rotatable bonds is 3. The van der Waals surface area contributed by atoms with Crippen LogP contribution in [0.1, 0.15) is 37.8 Å². The quantitative estimate of drug-likeness (QED) is 0.129. The van der Waals surface area contributed by atoms with Gasteiger partial charge in [-0.2, -0.15) is 0 Å². The second-order valence-corrected chi connectivity index (χ2v) is 21.4. The van der Waals surface area contributed by atoms with Crippen molar-refractivity contribution >= 4 is 67.8 Å². The van der Waals surface area contributed by atoms with Gasteiger partial charge in [0.05, 0.1) is 5.69 Å². The van der Waals surface area contributed by atoms with E-state index in [0.29, 0.717) is 0 Å². The average molecular weight is 746 g/mol. The number of anilines is 3. The molecule has 1 spiro atoms. The number of fused-ring (bicyclic) bond motifs is 10. The predicted octanol–water partition coefficient (Wildman–Crippen LogP) is 13.9. The number of nitrogens with zero attached hydrogens (tertiary/aromatic N) is 1. The first-order valence-electron chi connectivity index (χ1n) is 20.7. The second kappa shape index (κ2) is 12.1. The molecular weight excluding hydrogens is 703 g/mol. The molecule has 3 aliphatic rings. The summed E-state index contributed by atoms with van der Waals surface area (Å²) in [7, 11) is -1.91. The third-order valence-corrected chi connectivity index (χ3v) is 19.3. The summed E-state index contributed by atoms with van der Waals surface area (Å²) in [5.41, 5.74) is 14.6. The van der Waals surface area contributed by atoms with Crippen molar-refractivity contribution in [1.29, 1.82) is 0 Å². The molecule has 9 aromatic rings. The Labute approximate surface area is 335 Å². The highest BCUT2D eigenvalue weighted by Gasteiger charge is 2.47. The molecule has 0 radical (unpaired) electrons. The summed E-state index contributed by atoms with van der Waals surface area (Å²) in [6, 6.07) is 69.9. The minimum absolute atomic E-state index is 0.0922. The molecule has 1 saturated heterocycles. The molecule has 0 unspecified atom stereocenters.